The van der Waals surface area contributed by atoms with Gasteiger partial charge in [-0.15, -0.1) is 0 Å². The van der Waals surface area contributed by atoms with Crippen molar-refractivity contribution in [1.82, 2.24) is 5.32 Å². The first-order valence-electron chi connectivity index (χ1n) is 8.66. The molecule has 1 N–H and O–H groups in total. The summed E-state index contributed by atoms with van der Waals surface area (Å²) in [6, 6.07) is 17.2. The van der Waals surface area contributed by atoms with E-state index in [0.29, 0.717) is 5.56 Å². The lowest BCUT2D eigenvalue weighted by Gasteiger charge is -2.18. The van der Waals surface area contributed by atoms with Crippen LogP contribution < -0.4 is 5.32 Å². The molecule has 5 nitrogen and oxygen atoms in total. The average Bonchev–Trinajstić information content (AvgIpc) is 3.19. The molecule has 3 aromatic rings. The Labute approximate surface area is 158 Å². The molecule has 1 amide bonds. The molecular weight excluding hydrogens is 342 g/mol. The van der Waals surface area contributed by atoms with Crippen LogP contribution in [-0.2, 0) is 16.1 Å². The maximum atomic E-state index is 12.7. The van der Waals surface area contributed by atoms with Crippen LogP contribution in [0.3, 0.4) is 0 Å². The molecule has 0 aliphatic rings. The largest absolute Gasteiger partial charge is 0.459 e. The molecule has 27 heavy (non-hydrogen) atoms. The van der Waals surface area contributed by atoms with E-state index in [2.05, 4.69) is 11.4 Å². The highest BCUT2D eigenvalue weighted by Crippen LogP contribution is 2.17. The number of amides is 1. The van der Waals surface area contributed by atoms with E-state index in [9.17, 15) is 9.59 Å². The average molecular weight is 363 g/mol. The van der Waals surface area contributed by atoms with Gasteiger partial charge < -0.3 is 14.5 Å². The standard InChI is InChI=1S/C22H21NO4/c1-15-11-16(2)13-17(12-15)14-27-22(25)20(18-7-4-3-5-8-18)23-21(24)19-9-6-10-26-19/h3-13,20H,14H2,1-2H3,(H,23,24). The van der Waals surface area contributed by atoms with Gasteiger partial charge in [0.2, 0.25) is 0 Å². The van der Waals surface area contributed by atoms with Gasteiger partial charge in [0.05, 0.1) is 6.26 Å². The molecule has 1 unspecified atom stereocenters. The van der Waals surface area contributed by atoms with E-state index in [0.717, 1.165) is 16.7 Å². The van der Waals surface area contributed by atoms with Gasteiger partial charge >= 0.3 is 5.97 Å². The van der Waals surface area contributed by atoms with Gasteiger partial charge in [-0.3, -0.25) is 4.79 Å². The van der Waals surface area contributed by atoms with E-state index < -0.39 is 17.9 Å². The second kappa shape index (κ2) is 8.36. The van der Waals surface area contributed by atoms with E-state index >= 15 is 0 Å². The number of aryl methyl sites for hydroxylation is 2. The van der Waals surface area contributed by atoms with E-state index in [4.69, 9.17) is 9.15 Å². The van der Waals surface area contributed by atoms with Crippen LogP contribution in [0.4, 0.5) is 0 Å². The van der Waals surface area contributed by atoms with Crippen molar-refractivity contribution in [2.24, 2.45) is 0 Å². The molecule has 3 rings (SSSR count). The molecule has 1 atom stereocenters. The summed E-state index contributed by atoms with van der Waals surface area (Å²) in [5.74, 6) is -0.865. The number of furan rings is 1. The van der Waals surface area contributed by atoms with Crippen LogP contribution in [0.2, 0.25) is 0 Å². The van der Waals surface area contributed by atoms with E-state index in [-0.39, 0.29) is 12.4 Å². The van der Waals surface area contributed by atoms with Gasteiger partial charge in [-0.05, 0) is 37.1 Å². The minimum atomic E-state index is -0.922. The Balaban J connectivity index is 1.75. The first-order valence-corrected chi connectivity index (χ1v) is 8.66. The molecule has 138 valence electrons. The molecular formula is C22H21NO4. The van der Waals surface area contributed by atoms with Crippen molar-refractivity contribution in [2.75, 3.05) is 0 Å². The molecule has 1 heterocycles. The first kappa shape index (κ1) is 18.5. The molecule has 0 saturated carbocycles. The summed E-state index contributed by atoms with van der Waals surface area (Å²) in [4.78, 5) is 25.1. The van der Waals surface area contributed by atoms with Gasteiger partial charge in [-0.1, -0.05) is 59.7 Å². The number of hydrogen-bond donors (Lipinski definition) is 1. The quantitative estimate of drug-likeness (QED) is 0.669. The molecule has 0 fully saturated rings. The monoisotopic (exact) mass is 363 g/mol. The normalized spacial score (nSPS) is 11.6. The Morgan fingerprint density at radius 1 is 1.00 bits per heavy atom. The highest BCUT2D eigenvalue weighted by atomic mass is 16.5. The Kier molecular flexibility index (Phi) is 5.71. The molecule has 2 aromatic carbocycles. The fourth-order valence-corrected chi connectivity index (χ4v) is 2.92. The number of benzene rings is 2. The molecule has 0 bridgehead atoms. The van der Waals surface area contributed by atoms with Crippen molar-refractivity contribution in [3.63, 3.8) is 0 Å². The van der Waals surface area contributed by atoms with Gasteiger partial charge in [-0.25, -0.2) is 4.79 Å². The van der Waals surface area contributed by atoms with Gasteiger partial charge in [0.15, 0.2) is 11.8 Å². The highest BCUT2D eigenvalue weighted by Gasteiger charge is 2.25. The van der Waals surface area contributed by atoms with Gasteiger partial charge in [0, 0.05) is 0 Å². The van der Waals surface area contributed by atoms with Crippen LogP contribution in [-0.4, -0.2) is 11.9 Å². The Morgan fingerprint density at radius 3 is 2.33 bits per heavy atom. The number of carbonyl (C=O) groups excluding carboxylic acids is 2. The van der Waals surface area contributed by atoms with Crippen LogP contribution in [0.25, 0.3) is 0 Å². The van der Waals surface area contributed by atoms with E-state index in [1.165, 1.54) is 12.3 Å². The Hall–Kier alpha value is -3.34. The summed E-state index contributed by atoms with van der Waals surface area (Å²) in [5.41, 5.74) is 3.76. The van der Waals surface area contributed by atoms with Crippen molar-refractivity contribution in [3.05, 3.63) is 94.9 Å². The summed E-state index contributed by atoms with van der Waals surface area (Å²) < 4.78 is 10.6. The van der Waals surface area contributed by atoms with Crippen LogP contribution >= 0.6 is 0 Å². The topological polar surface area (TPSA) is 68.5 Å². The second-order valence-corrected chi connectivity index (χ2v) is 6.40. The van der Waals surface area contributed by atoms with Crippen molar-refractivity contribution in [3.8, 4) is 0 Å². The van der Waals surface area contributed by atoms with Crippen LogP contribution in [0, 0.1) is 13.8 Å². The number of carbonyl (C=O) groups is 2. The number of esters is 1. The summed E-state index contributed by atoms with van der Waals surface area (Å²) in [6.07, 6.45) is 1.41. The number of nitrogens with one attached hydrogen (secondary N) is 1. The van der Waals surface area contributed by atoms with E-state index in [1.807, 2.05) is 32.0 Å². The number of rotatable bonds is 6. The Bertz CT molecular complexity index is 897. The predicted octanol–water partition coefficient (Wildman–Crippen LogP) is 4.11. The molecule has 0 saturated heterocycles. The van der Waals surface area contributed by atoms with Gasteiger partial charge in [0.25, 0.3) is 5.91 Å². The summed E-state index contributed by atoms with van der Waals surface area (Å²) >= 11 is 0. The maximum absolute atomic E-state index is 12.7. The number of hydrogen-bond acceptors (Lipinski definition) is 4. The summed E-state index contributed by atoms with van der Waals surface area (Å²) in [7, 11) is 0. The Morgan fingerprint density at radius 2 is 1.70 bits per heavy atom. The molecule has 0 spiro atoms. The van der Waals surface area contributed by atoms with Crippen LogP contribution in [0.15, 0.2) is 71.3 Å². The first-order chi connectivity index (χ1) is 13.0. The highest BCUT2D eigenvalue weighted by molar-refractivity contribution is 5.94. The molecule has 0 aliphatic carbocycles. The van der Waals surface area contributed by atoms with Crippen LogP contribution in [0.5, 0.6) is 0 Å². The molecule has 1 aromatic heterocycles. The molecule has 0 radical (unpaired) electrons. The van der Waals surface area contributed by atoms with Crippen molar-refractivity contribution in [2.45, 2.75) is 26.5 Å². The minimum absolute atomic E-state index is 0.137. The zero-order valence-electron chi connectivity index (χ0n) is 15.3. The van der Waals surface area contributed by atoms with Crippen molar-refractivity contribution in [1.29, 1.82) is 0 Å². The van der Waals surface area contributed by atoms with Gasteiger partial charge in [0.1, 0.15) is 6.61 Å². The third kappa shape index (κ3) is 4.85. The third-order valence-electron chi connectivity index (χ3n) is 4.05. The summed E-state index contributed by atoms with van der Waals surface area (Å²) in [5, 5.41) is 2.69. The molecule has 0 aliphatic heterocycles. The van der Waals surface area contributed by atoms with E-state index in [1.54, 1.807) is 30.3 Å². The van der Waals surface area contributed by atoms with Crippen molar-refractivity contribution < 1.29 is 18.7 Å². The fourth-order valence-electron chi connectivity index (χ4n) is 2.92. The lowest BCUT2D eigenvalue weighted by Crippen LogP contribution is -2.34. The lowest BCUT2D eigenvalue weighted by atomic mass is 10.1. The van der Waals surface area contributed by atoms with Crippen molar-refractivity contribution >= 4 is 11.9 Å². The third-order valence-corrected chi connectivity index (χ3v) is 4.05. The van der Waals surface area contributed by atoms with Crippen LogP contribution in [0.1, 0.15) is 38.9 Å². The SMILES string of the molecule is Cc1cc(C)cc(COC(=O)C(NC(=O)c2ccco2)c2ccccc2)c1. The number of ether oxygens (including phenoxy) is 1. The zero-order valence-corrected chi connectivity index (χ0v) is 15.3. The smallest absolute Gasteiger partial charge is 0.333 e. The van der Waals surface area contributed by atoms with Gasteiger partial charge in [-0.2, -0.15) is 0 Å². The zero-order chi connectivity index (χ0) is 19.2. The minimum Gasteiger partial charge on any atom is -0.459 e. The summed E-state index contributed by atoms with van der Waals surface area (Å²) in [6.45, 7) is 4.13. The molecule has 5 heteroatoms. The predicted molar refractivity (Wildman–Crippen MR) is 101 cm³/mol. The maximum Gasteiger partial charge on any atom is 0.333 e. The fraction of sp³-hybridized carbons (Fsp3) is 0.182. The second-order valence-electron chi connectivity index (χ2n) is 6.40. The lowest BCUT2D eigenvalue weighted by molar-refractivity contribution is -0.147.